The largest absolute Gasteiger partial charge is 0.496 e. The zero-order valence-corrected chi connectivity index (χ0v) is 14.6. The van der Waals surface area contributed by atoms with Crippen LogP contribution < -0.4 is 9.47 Å². The molecule has 1 saturated heterocycles. The number of hydrogen-bond donors (Lipinski definition) is 0. The summed E-state index contributed by atoms with van der Waals surface area (Å²) in [6.45, 7) is 9.40. The van der Waals surface area contributed by atoms with Crippen molar-refractivity contribution in [3.63, 3.8) is 0 Å². The number of rotatable bonds is 7. The van der Waals surface area contributed by atoms with Crippen molar-refractivity contribution in [2.75, 3.05) is 40.9 Å². The van der Waals surface area contributed by atoms with Crippen molar-refractivity contribution in [1.82, 2.24) is 9.80 Å². The number of ether oxygens (including phenoxy) is 2. The minimum Gasteiger partial charge on any atom is -0.496 e. The number of methoxy groups -OCH3 is 2. The van der Waals surface area contributed by atoms with Gasteiger partial charge in [-0.3, -0.25) is 4.90 Å². The van der Waals surface area contributed by atoms with Crippen LogP contribution in [-0.2, 0) is 0 Å². The van der Waals surface area contributed by atoms with Crippen LogP contribution in [-0.4, -0.2) is 56.7 Å². The Morgan fingerprint density at radius 1 is 1.39 bits per heavy atom. The normalized spacial score (nSPS) is 18.0. The summed E-state index contributed by atoms with van der Waals surface area (Å²) in [7, 11) is 5.02. The first-order valence-corrected chi connectivity index (χ1v) is 8.08. The Bertz CT molecular complexity index is 562. The van der Waals surface area contributed by atoms with Gasteiger partial charge in [0.15, 0.2) is 11.6 Å². The summed E-state index contributed by atoms with van der Waals surface area (Å²) in [6.07, 6.45) is 2.41. The molecule has 0 radical (unpaired) electrons. The zero-order valence-electron chi connectivity index (χ0n) is 14.6. The number of halogens is 1. The van der Waals surface area contributed by atoms with Gasteiger partial charge in [-0.15, -0.1) is 0 Å². The predicted molar refractivity (Wildman–Crippen MR) is 91.4 cm³/mol. The van der Waals surface area contributed by atoms with E-state index in [-0.39, 0.29) is 5.75 Å². The summed E-state index contributed by atoms with van der Waals surface area (Å²) < 4.78 is 24.7. The fourth-order valence-corrected chi connectivity index (χ4v) is 3.32. The van der Waals surface area contributed by atoms with Crippen LogP contribution in [0.15, 0.2) is 18.7 Å². The third-order valence-corrected chi connectivity index (χ3v) is 4.63. The van der Waals surface area contributed by atoms with Gasteiger partial charge in [-0.1, -0.05) is 13.5 Å². The molecule has 1 fully saturated rings. The fourth-order valence-electron chi connectivity index (χ4n) is 3.32. The van der Waals surface area contributed by atoms with Crippen LogP contribution >= 0.6 is 0 Å². The van der Waals surface area contributed by atoms with Crippen molar-refractivity contribution in [3.8, 4) is 11.5 Å². The van der Waals surface area contributed by atoms with E-state index in [0.717, 1.165) is 19.6 Å². The topological polar surface area (TPSA) is 24.9 Å². The van der Waals surface area contributed by atoms with Gasteiger partial charge in [0, 0.05) is 25.3 Å². The van der Waals surface area contributed by atoms with Crippen LogP contribution in [0, 0.1) is 5.82 Å². The molecule has 1 aromatic carbocycles. The van der Waals surface area contributed by atoms with Crippen molar-refractivity contribution in [2.24, 2.45) is 0 Å². The lowest BCUT2D eigenvalue weighted by Gasteiger charge is -2.31. The molecular formula is C18H27FN2O2. The average molecular weight is 322 g/mol. The van der Waals surface area contributed by atoms with Crippen LogP contribution in [0.4, 0.5) is 4.39 Å². The first-order chi connectivity index (χ1) is 11.0. The molecule has 1 unspecified atom stereocenters. The minimum atomic E-state index is -0.408. The first kappa shape index (κ1) is 17.6. The smallest absolute Gasteiger partial charge is 0.167 e. The number of benzene rings is 1. The highest BCUT2D eigenvalue weighted by molar-refractivity contribution is 5.73. The molecule has 0 spiro atoms. The maximum absolute atomic E-state index is 14.1. The Morgan fingerprint density at radius 3 is 2.74 bits per heavy atom. The van der Waals surface area contributed by atoms with Gasteiger partial charge in [-0.25, -0.2) is 4.39 Å². The Hall–Kier alpha value is -1.75. The van der Waals surface area contributed by atoms with E-state index >= 15 is 0 Å². The second-order valence-electron chi connectivity index (χ2n) is 5.91. The molecule has 1 aliphatic rings. The second-order valence-corrected chi connectivity index (χ2v) is 5.91. The van der Waals surface area contributed by atoms with E-state index in [4.69, 9.17) is 9.47 Å². The summed E-state index contributed by atoms with van der Waals surface area (Å²) in [4.78, 5) is 4.54. The summed E-state index contributed by atoms with van der Waals surface area (Å²) >= 11 is 0. The molecule has 23 heavy (non-hydrogen) atoms. The molecule has 1 aliphatic heterocycles. The Balaban J connectivity index is 2.24. The number of likely N-dealkylation sites (N-methyl/N-ethyl adjacent to an activating group) is 2. The quantitative estimate of drug-likeness (QED) is 0.769. The molecule has 0 aliphatic carbocycles. The lowest BCUT2D eigenvalue weighted by atomic mass is 10.1. The van der Waals surface area contributed by atoms with Crippen LogP contribution in [0.1, 0.15) is 25.3 Å². The van der Waals surface area contributed by atoms with Gasteiger partial charge >= 0.3 is 0 Å². The summed E-state index contributed by atoms with van der Waals surface area (Å²) in [5.74, 6) is 0.341. The maximum atomic E-state index is 14.1. The minimum absolute atomic E-state index is 0.181. The fraction of sp³-hybridized carbons (Fsp3) is 0.556. The van der Waals surface area contributed by atoms with Crippen molar-refractivity contribution in [3.05, 3.63) is 30.1 Å². The van der Waals surface area contributed by atoms with E-state index in [2.05, 4.69) is 23.3 Å². The van der Waals surface area contributed by atoms with Crippen molar-refractivity contribution >= 4 is 5.70 Å². The average Bonchev–Trinajstić information content (AvgIpc) is 3.00. The molecule has 1 aromatic rings. The molecule has 128 valence electrons. The van der Waals surface area contributed by atoms with E-state index in [9.17, 15) is 4.39 Å². The highest BCUT2D eigenvalue weighted by Crippen LogP contribution is 2.37. The third kappa shape index (κ3) is 3.61. The summed E-state index contributed by atoms with van der Waals surface area (Å²) in [5, 5.41) is 0. The Morgan fingerprint density at radius 2 is 2.13 bits per heavy atom. The lowest BCUT2D eigenvalue weighted by molar-refractivity contribution is 0.230. The first-order valence-electron chi connectivity index (χ1n) is 8.08. The predicted octanol–water partition coefficient (Wildman–Crippen LogP) is 3.23. The maximum Gasteiger partial charge on any atom is 0.167 e. The molecule has 0 amide bonds. The number of nitrogens with zero attached hydrogens (tertiary/aromatic N) is 2. The summed E-state index contributed by atoms with van der Waals surface area (Å²) in [6, 6.07) is 3.47. The van der Waals surface area contributed by atoms with Gasteiger partial charge in [-0.2, -0.15) is 0 Å². The number of hydrogen-bond acceptors (Lipinski definition) is 4. The zero-order chi connectivity index (χ0) is 17.0. The molecule has 1 atom stereocenters. The second kappa shape index (κ2) is 7.68. The van der Waals surface area contributed by atoms with Crippen LogP contribution in [0.25, 0.3) is 5.70 Å². The molecule has 4 nitrogen and oxygen atoms in total. The van der Waals surface area contributed by atoms with Crippen molar-refractivity contribution in [2.45, 2.75) is 25.8 Å². The van der Waals surface area contributed by atoms with Gasteiger partial charge < -0.3 is 14.4 Å². The van der Waals surface area contributed by atoms with Gasteiger partial charge in [0.05, 0.1) is 19.8 Å². The molecule has 0 N–H and O–H groups in total. The Labute approximate surface area is 138 Å². The molecular weight excluding hydrogens is 295 g/mol. The summed E-state index contributed by atoms with van der Waals surface area (Å²) in [5.41, 5.74) is 1.29. The third-order valence-electron chi connectivity index (χ3n) is 4.63. The van der Waals surface area contributed by atoms with Crippen molar-refractivity contribution < 1.29 is 13.9 Å². The van der Waals surface area contributed by atoms with Gasteiger partial charge in [-0.05, 0) is 38.1 Å². The van der Waals surface area contributed by atoms with E-state index in [1.165, 1.54) is 26.0 Å². The molecule has 5 heteroatoms. The van der Waals surface area contributed by atoms with Crippen LogP contribution in [0.2, 0.25) is 0 Å². The molecule has 1 heterocycles. The van der Waals surface area contributed by atoms with Gasteiger partial charge in [0.25, 0.3) is 0 Å². The SMILES string of the molecule is C=C(c1c(OC)ccc(F)c1OC)N(C)CC1CCCN1CC. The van der Waals surface area contributed by atoms with Gasteiger partial charge in [0.2, 0.25) is 0 Å². The van der Waals surface area contributed by atoms with E-state index < -0.39 is 5.82 Å². The highest BCUT2D eigenvalue weighted by atomic mass is 19.1. The molecule has 0 saturated carbocycles. The van der Waals surface area contributed by atoms with Crippen molar-refractivity contribution in [1.29, 1.82) is 0 Å². The number of likely N-dealkylation sites (tertiary alicyclic amines) is 1. The Kier molecular flexibility index (Phi) is 5.88. The van der Waals surface area contributed by atoms with E-state index in [0.29, 0.717) is 23.1 Å². The molecule has 0 aromatic heterocycles. The van der Waals surface area contributed by atoms with E-state index in [1.807, 2.05) is 7.05 Å². The van der Waals surface area contributed by atoms with Crippen LogP contribution in [0.5, 0.6) is 11.5 Å². The molecule has 0 bridgehead atoms. The van der Waals surface area contributed by atoms with E-state index in [1.54, 1.807) is 13.2 Å². The highest BCUT2D eigenvalue weighted by Gasteiger charge is 2.26. The standard InChI is InChI=1S/C18H27FN2O2/c1-6-21-11-7-8-14(21)12-20(3)13(2)17-16(22-4)10-9-15(19)18(17)23-5/h9-10,14H,2,6-8,11-12H2,1,3-5H3. The monoisotopic (exact) mass is 322 g/mol. The molecule has 2 rings (SSSR count). The lowest BCUT2D eigenvalue weighted by Crippen LogP contribution is -2.38. The van der Waals surface area contributed by atoms with Crippen LogP contribution in [0.3, 0.4) is 0 Å². The van der Waals surface area contributed by atoms with Gasteiger partial charge in [0.1, 0.15) is 5.75 Å².